The van der Waals surface area contributed by atoms with Gasteiger partial charge in [0.2, 0.25) is 0 Å². The topological polar surface area (TPSA) is 57.3 Å². The fourth-order valence-corrected chi connectivity index (χ4v) is 2.97. The molecule has 0 atom stereocenters. The van der Waals surface area contributed by atoms with Crippen LogP contribution in [-0.4, -0.2) is 30.5 Å². The van der Waals surface area contributed by atoms with Gasteiger partial charge < -0.3 is 15.5 Å². The largest absolute Gasteiger partial charge is 0.384 e. The molecule has 2 N–H and O–H groups in total. The first-order chi connectivity index (χ1) is 12.3. The average molecular weight is 338 g/mol. The van der Waals surface area contributed by atoms with Crippen LogP contribution < -0.4 is 15.5 Å². The second-order valence-electron chi connectivity index (χ2n) is 6.41. The molecule has 0 radical (unpaired) electrons. The van der Waals surface area contributed by atoms with Crippen LogP contribution in [0.25, 0.3) is 0 Å². The number of amides is 1. The predicted octanol–water partition coefficient (Wildman–Crippen LogP) is 4.15. The molecule has 1 aromatic heterocycles. The van der Waals surface area contributed by atoms with Crippen LogP contribution in [0.4, 0.5) is 17.1 Å². The van der Waals surface area contributed by atoms with Gasteiger partial charge in [-0.1, -0.05) is 13.3 Å². The van der Waals surface area contributed by atoms with Crippen molar-refractivity contribution < 1.29 is 4.79 Å². The average Bonchev–Trinajstić information content (AvgIpc) is 3.18. The lowest BCUT2D eigenvalue weighted by atomic mass is 10.2. The highest BCUT2D eigenvalue weighted by Gasteiger charge is 2.12. The Labute approximate surface area is 149 Å². The van der Waals surface area contributed by atoms with E-state index >= 15 is 0 Å². The predicted molar refractivity (Wildman–Crippen MR) is 103 cm³/mol. The molecular formula is C20H26N4O. The minimum absolute atomic E-state index is 0.186. The number of rotatable bonds is 7. The van der Waals surface area contributed by atoms with E-state index in [9.17, 15) is 4.79 Å². The third kappa shape index (κ3) is 4.72. The van der Waals surface area contributed by atoms with Gasteiger partial charge in [-0.2, -0.15) is 0 Å². The summed E-state index contributed by atoms with van der Waals surface area (Å²) < 4.78 is 0. The maximum Gasteiger partial charge on any atom is 0.274 e. The second-order valence-corrected chi connectivity index (χ2v) is 6.41. The van der Waals surface area contributed by atoms with Crippen molar-refractivity contribution in [1.29, 1.82) is 0 Å². The van der Waals surface area contributed by atoms with Gasteiger partial charge in [0.05, 0.1) is 11.9 Å². The van der Waals surface area contributed by atoms with Crippen LogP contribution in [0.2, 0.25) is 0 Å². The molecule has 0 aliphatic carbocycles. The van der Waals surface area contributed by atoms with Crippen LogP contribution in [0.1, 0.15) is 43.1 Å². The summed E-state index contributed by atoms with van der Waals surface area (Å²) in [6.45, 7) is 5.32. The lowest BCUT2D eigenvalue weighted by molar-refractivity contribution is 0.102. The van der Waals surface area contributed by atoms with Gasteiger partial charge in [-0.25, -0.2) is 4.98 Å². The Morgan fingerprint density at radius 2 is 1.80 bits per heavy atom. The highest BCUT2D eigenvalue weighted by Crippen LogP contribution is 2.22. The van der Waals surface area contributed by atoms with Crippen molar-refractivity contribution in [1.82, 2.24) is 4.98 Å². The third-order valence-corrected chi connectivity index (χ3v) is 4.45. The number of benzene rings is 1. The summed E-state index contributed by atoms with van der Waals surface area (Å²) in [5, 5.41) is 6.20. The number of carbonyl (C=O) groups is 1. The molecule has 5 nitrogen and oxygen atoms in total. The van der Waals surface area contributed by atoms with Crippen molar-refractivity contribution in [3.63, 3.8) is 0 Å². The van der Waals surface area contributed by atoms with Gasteiger partial charge in [0, 0.05) is 31.0 Å². The highest BCUT2D eigenvalue weighted by molar-refractivity contribution is 6.03. The van der Waals surface area contributed by atoms with Gasteiger partial charge in [-0.05, 0) is 55.7 Å². The molecule has 1 fully saturated rings. The third-order valence-electron chi connectivity index (χ3n) is 4.45. The van der Waals surface area contributed by atoms with Crippen LogP contribution in [0, 0.1) is 0 Å². The van der Waals surface area contributed by atoms with Gasteiger partial charge in [0.25, 0.3) is 5.91 Å². The minimum atomic E-state index is -0.186. The number of carbonyl (C=O) groups excluding carboxylic acids is 1. The number of unbranched alkanes of at least 4 members (excludes halogenated alkanes) is 1. The van der Waals surface area contributed by atoms with E-state index in [-0.39, 0.29) is 5.91 Å². The summed E-state index contributed by atoms with van der Waals surface area (Å²) in [5.41, 5.74) is 3.38. The Morgan fingerprint density at radius 1 is 1.08 bits per heavy atom. The number of aromatic nitrogens is 1. The van der Waals surface area contributed by atoms with Crippen molar-refractivity contribution in [3.8, 4) is 0 Å². The Hall–Kier alpha value is -2.56. The quantitative estimate of drug-likeness (QED) is 0.745. The van der Waals surface area contributed by atoms with Crippen molar-refractivity contribution >= 4 is 23.0 Å². The van der Waals surface area contributed by atoms with Crippen LogP contribution >= 0.6 is 0 Å². The van der Waals surface area contributed by atoms with Crippen LogP contribution in [0.3, 0.4) is 0 Å². The number of hydrogen-bond acceptors (Lipinski definition) is 4. The van der Waals surface area contributed by atoms with Gasteiger partial charge in [0.1, 0.15) is 5.69 Å². The number of nitrogens with zero attached hydrogens (tertiary/aromatic N) is 2. The van der Waals surface area contributed by atoms with Crippen molar-refractivity contribution in [2.45, 2.75) is 32.6 Å². The van der Waals surface area contributed by atoms with E-state index in [1.54, 1.807) is 12.3 Å². The molecule has 1 amide bonds. The zero-order chi connectivity index (χ0) is 17.5. The van der Waals surface area contributed by atoms with Gasteiger partial charge >= 0.3 is 0 Å². The number of pyridine rings is 1. The lowest BCUT2D eigenvalue weighted by Gasteiger charge is -2.17. The van der Waals surface area contributed by atoms with E-state index in [1.807, 2.05) is 18.2 Å². The van der Waals surface area contributed by atoms with Crippen molar-refractivity contribution in [2.24, 2.45) is 0 Å². The minimum Gasteiger partial charge on any atom is -0.384 e. The molecule has 0 bridgehead atoms. The summed E-state index contributed by atoms with van der Waals surface area (Å²) >= 11 is 0. The fourth-order valence-electron chi connectivity index (χ4n) is 2.97. The highest BCUT2D eigenvalue weighted by atomic mass is 16.1. The first kappa shape index (κ1) is 17.3. The van der Waals surface area contributed by atoms with Crippen LogP contribution in [0.15, 0.2) is 42.6 Å². The summed E-state index contributed by atoms with van der Waals surface area (Å²) in [6, 6.07) is 11.7. The van der Waals surface area contributed by atoms with Gasteiger partial charge in [-0.3, -0.25) is 4.79 Å². The Bertz CT molecular complexity index is 676. The van der Waals surface area contributed by atoms with E-state index in [2.05, 4.69) is 39.6 Å². The SMILES string of the molecule is CCCCNc1ccc(C(=O)Nc2ccc(N3CCCC3)cc2)nc1. The molecule has 0 saturated carbocycles. The monoisotopic (exact) mass is 338 g/mol. The van der Waals surface area contributed by atoms with E-state index in [0.717, 1.165) is 43.9 Å². The van der Waals surface area contributed by atoms with E-state index < -0.39 is 0 Å². The van der Waals surface area contributed by atoms with Crippen molar-refractivity contribution in [2.75, 3.05) is 35.2 Å². The maximum absolute atomic E-state index is 12.3. The summed E-state index contributed by atoms with van der Waals surface area (Å²) in [6.07, 6.45) is 6.50. The summed E-state index contributed by atoms with van der Waals surface area (Å²) in [4.78, 5) is 18.9. The molecule has 1 aliphatic heterocycles. The number of nitrogens with one attached hydrogen (secondary N) is 2. The molecule has 1 aliphatic rings. The Balaban J connectivity index is 1.56. The molecule has 0 unspecified atom stereocenters. The molecule has 1 aromatic carbocycles. The second kappa shape index (κ2) is 8.51. The smallest absolute Gasteiger partial charge is 0.274 e. The van der Waals surface area contributed by atoms with Gasteiger partial charge in [-0.15, -0.1) is 0 Å². The molecule has 2 aromatic rings. The molecule has 25 heavy (non-hydrogen) atoms. The van der Waals surface area contributed by atoms with Crippen LogP contribution in [0.5, 0.6) is 0 Å². The molecule has 132 valence electrons. The summed E-state index contributed by atoms with van der Waals surface area (Å²) in [5.74, 6) is -0.186. The number of hydrogen-bond donors (Lipinski definition) is 2. The zero-order valence-corrected chi connectivity index (χ0v) is 14.8. The van der Waals surface area contributed by atoms with Crippen LogP contribution in [-0.2, 0) is 0 Å². The molecule has 2 heterocycles. The van der Waals surface area contributed by atoms with E-state index in [4.69, 9.17) is 0 Å². The molecular weight excluding hydrogens is 312 g/mol. The normalized spacial score (nSPS) is 13.7. The van der Waals surface area contributed by atoms with Gasteiger partial charge in [0.15, 0.2) is 0 Å². The first-order valence-electron chi connectivity index (χ1n) is 9.12. The maximum atomic E-state index is 12.3. The fraction of sp³-hybridized carbons (Fsp3) is 0.400. The number of anilines is 3. The first-order valence-corrected chi connectivity index (χ1v) is 9.12. The Kier molecular flexibility index (Phi) is 5.88. The molecule has 0 spiro atoms. The standard InChI is InChI=1S/C20H26N4O/c1-2-3-12-21-17-8-11-19(22-15-17)20(25)23-16-6-9-18(10-7-16)24-13-4-5-14-24/h6-11,15,21H,2-5,12-14H2,1H3,(H,23,25). The zero-order valence-electron chi connectivity index (χ0n) is 14.8. The molecule has 5 heteroatoms. The molecule has 1 saturated heterocycles. The Morgan fingerprint density at radius 3 is 2.44 bits per heavy atom. The van der Waals surface area contributed by atoms with Crippen molar-refractivity contribution in [3.05, 3.63) is 48.3 Å². The van der Waals surface area contributed by atoms with E-state index in [0.29, 0.717) is 5.69 Å². The molecule has 3 rings (SSSR count). The lowest BCUT2D eigenvalue weighted by Crippen LogP contribution is -2.17. The summed E-state index contributed by atoms with van der Waals surface area (Å²) in [7, 11) is 0. The van der Waals surface area contributed by atoms with E-state index in [1.165, 1.54) is 18.5 Å².